The first-order chi connectivity index (χ1) is 14.6. The van der Waals surface area contributed by atoms with Gasteiger partial charge in [0.2, 0.25) is 10.0 Å². The molecule has 0 aromatic heterocycles. The molecule has 0 unspecified atom stereocenters. The number of hydrogen-bond acceptors (Lipinski definition) is 3. The van der Waals surface area contributed by atoms with Crippen LogP contribution in [0.3, 0.4) is 0 Å². The number of hydrogen-bond donors (Lipinski definition) is 2. The second-order valence-corrected chi connectivity index (χ2v) is 10.2. The molecule has 170 valence electrons. The Kier molecular flexibility index (Phi) is 9.37. The van der Waals surface area contributed by atoms with E-state index in [0.717, 1.165) is 31.2 Å². The van der Waals surface area contributed by atoms with E-state index in [4.69, 9.17) is 23.2 Å². The molecule has 2 aromatic carbocycles. The van der Waals surface area contributed by atoms with Gasteiger partial charge in [0.15, 0.2) is 0 Å². The highest BCUT2D eigenvalue weighted by Crippen LogP contribution is 2.36. The van der Waals surface area contributed by atoms with Gasteiger partial charge in [-0.15, -0.1) is 0 Å². The van der Waals surface area contributed by atoms with Crippen molar-refractivity contribution < 1.29 is 13.2 Å². The molecular formula is C23H30Cl2N2O3S. The first kappa shape index (κ1) is 25.7. The van der Waals surface area contributed by atoms with Crippen molar-refractivity contribution in [1.82, 2.24) is 4.72 Å². The van der Waals surface area contributed by atoms with Gasteiger partial charge in [-0.05, 0) is 56.4 Å². The van der Waals surface area contributed by atoms with Crippen molar-refractivity contribution in [2.75, 3.05) is 5.32 Å². The second-order valence-electron chi connectivity index (χ2n) is 7.76. The van der Waals surface area contributed by atoms with Gasteiger partial charge >= 0.3 is 0 Å². The Morgan fingerprint density at radius 3 is 2.19 bits per heavy atom. The molecule has 2 N–H and O–H groups in total. The van der Waals surface area contributed by atoms with E-state index in [1.165, 1.54) is 12.1 Å². The number of sulfonamides is 1. The van der Waals surface area contributed by atoms with Crippen LogP contribution in [-0.2, 0) is 10.0 Å². The monoisotopic (exact) mass is 484 g/mol. The summed E-state index contributed by atoms with van der Waals surface area (Å²) in [7, 11) is -3.88. The van der Waals surface area contributed by atoms with Crippen molar-refractivity contribution >= 4 is 44.8 Å². The van der Waals surface area contributed by atoms with Crippen molar-refractivity contribution in [3.63, 3.8) is 0 Å². The van der Waals surface area contributed by atoms with Gasteiger partial charge in [-0.3, -0.25) is 4.79 Å². The van der Waals surface area contributed by atoms with Crippen LogP contribution in [0.2, 0.25) is 10.0 Å². The van der Waals surface area contributed by atoms with Gasteiger partial charge in [0.25, 0.3) is 5.91 Å². The SMILES string of the molecule is CCCC(CCC)[C@@H](C)NS(=O)(=O)c1ccc(NC(=O)c2ccccc2C)c(Cl)c1Cl. The molecule has 0 heterocycles. The highest BCUT2D eigenvalue weighted by Gasteiger charge is 2.26. The average Bonchev–Trinajstić information content (AvgIpc) is 2.71. The van der Waals surface area contributed by atoms with E-state index in [-0.39, 0.29) is 38.5 Å². The first-order valence-electron chi connectivity index (χ1n) is 10.5. The fraction of sp³-hybridized carbons (Fsp3) is 0.435. The normalized spacial score (nSPS) is 12.7. The quantitative estimate of drug-likeness (QED) is 0.407. The molecule has 31 heavy (non-hydrogen) atoms. The Labute approximate surface area is 195 Å². The molecule has 0 aliphatic rings. The van der Waals surface area contributed by atoms with Crippen molar-refractivity contribution in [1.29, 1.82) is 0 Å². The number of anilines is 1. The Morgan fingerprint density at radius 2 is 1.61 bits per heavy atom. The minimum atomic E-state index is -3.88. The highest BCUT2D eigenvalue weighted by atomic mass is 35.5. The molecule has 8 heteroatoms. The first-order valence-corrected chi connectivity index (χ1v) is 12.7. The van der Waals surface area contributed by atoms with E-state index in [9.17, 15) is 13.2 Å². The minimum Gasteiger partial charge on any atom is -0.321 e. The van der Waals surface area contributed by atoms with Gasteiger partial charge < -0.3 is 5.32 Å². The molecule has 1 atom stereocenters. The fourth-order valence-corrected chi connectivity index (χ4v) is 5.78. The summed E-state index contributed by atoms with van der Waals surface area (Å²) in [5, 5.41) is 2.57. The standard InChI is InChI=1S/C23H30Cl2N2O3S/c1-5-9-17(10-6-2)16(4)27-31(29,30)20-14-13-19(21(24)22(20)25)26-23(28)18-12-8-7-11-15(18)3/h7-8,11-14,16-17,27H,5-6,9-10H2,1-4H3,(H,26,28)/t16-/m1/s1. The van der Waals surface area contributed by atoms with E-state index in [1.807, 2.05) is 26.0 Å². The van der Waals surface area contributed by atoms with E-state index in [0.29, 0.717) is 5.56 Å². The highest BCUT2D eigenvalue weighted by molar-refractivity contribution is 7.89. The lowest BCUT2D eigenvalue weighted by molar-refractivity contribution is 0.102. The third kappa shape index (κ3) is 6.45. The second kappa shape index (κ2) is 11.3. The van der Waals surface area contributed by atoms with Crippen LogP contribution in [0.15, 0.2) is 41.3 Å². The summed E-state index contributed by atoms with van der Waals surface area (Å²) in [6.07, 6.45) is 3.85. The predicted molar refractivity (Wildman–Crippen MR) is 129 cm³/mol. The summed E-state index contributed by atoms with van der Waals surface area (Å²) >= 11 is 12.7. The zero-order chi connectivity index (χ0) is 23.2. The van der Waals surface area contributed by atoms with E-state index >= 15 is 0 Å². The number of halogens is 2. The average molecular weight is 485 g/mol. The maximum absolute atomic E-state index is 13.0. The molecule has 2 aromatic rings. The maximum atomic E-state index is 13.0. The number of benzene rings is 2. The fourth-order valence-electron chi connectivity index (χ4n) is 3.64. The van der Waals surface area contributed by atoms with Crippen LogP contribution >= 0.6 is 23.2 Å². The van der Waals surface area contributed by atoms with Gasteiger partial charge in [0.05, 0.1) is 15.7 Å². The van der Waals surface area contributed by atoms with Crippen LogP contribution in [-0.4, -0.2) is 20.4 Å². The third-order valence-corrected chi connectivity index (χ3v) is 7.94. The number of aryl methyl sites for hydroxylation is 1. The van der Waals surface area contributed by atoms with Gasteiger partial charge in [0, 0.05) is 11.6 Å². The lowest BCUT2D eigenvalue weighted by atomic mass is 9.92. The van der Waals surface area contributed by atoms with E-state index in [2.05, 4.69) is 23.9 Å². The van der Waals surface area contributed by atoms with Crippen LogP contribution in [0, 0.1) is 12.8 Å². The lowest BCUT2D eigenvalue weighted by Gasteiger charge is -2.24. The van der Waals surface area contributed by atoms with Gasteiger partial charge in [-0.2, -0.15) is 0 Å². The van der Waals surface area contributed by atoms with Crippen molar-refractivity contribution in [3.05, 3.63) is 57.6 Å². The lowest BCUT2D eigenvalue weighted by Crippen LogP contribution is -2.38. The summed E-state index contributed by atoms with van der Waals surface area (Å²) in [6, 6.07) is 9.73. The van der Waals surface area contributed by atoms with Crippen LogP contribution in [0.25, 0.3) is 0 Å². The molecule has 0 fully saturated rings. The Morgan fingerprint density at radius 1 is 1.00 bits per heavy atom. The van der Waals surface area contributed by atoms with Crippen LogP contribution in [0.1, 0.15) is 62.4 Å². The predicted octanol–water partition coefficient (Wildman–Crippen LogP) is 6.44. The van der Waals surface area contributed by atoms with Crippen LogP contribution in [0.5, 0.6) is 0 Å². The number of rotatable bonds is 10. The topological polar surface area (TPSA) is 75.3 Å². The summed E-state index contributed by atoms with van der Waals surface area (Å²) < 4.78 is 28.7. The third-order valence-electron chi connectivity index (χ3n) is 5.34. The van der Waals surface area contributed by atoms with Crippen molar-refractivity contribution in [2.45, 2.75) is 64.3 Å². The van der Waals surface area contributed by atoms with Crippen molar-refractivity contribution in [2.24, 2.45) is 5.92 Å². The van der Waals surface area contributed by atoms with Gasteiger partial charge in [0.1, 0.15) is 4.90 Å². The molecule has 0 radical (unpaired) electrons. The molecule has 1 amide bonds. The molecule has 0 bridgehead atoms. The summed E-state index contributed by atoms with van der Waals surface area (Å²) in [6.45, 7) is 7.88. The maximum Gasteiger partial charge on any atom is 0.255 e. The van der Waals surface area contributed by atoms with Gasteiger partial charge in [-0.1, -0.05) is 68.1 Å². The molecule has 2 rings (SSSR count). The molecule has 5 nitrogen and oxygen atoms in total. The Balaban J connectivity index is 2.26. The number of carbonyl (C=O) groups excluding carboxylic acids is 1. The number of nitrogens with one attached hydrogen (secondary N) is 2. The Bertz CT molecular complexity index is 1020. The summed E-state index contributed by atoms with van der Waals surface area (Å²) in [5.41, 5.74) is 1.56. The molecule has 0 aliphatic carbocycles. The molecule has 0 saturated carbocycles. The van der Waals surface area contributed by atoms with Crippen LogP contribution < -0.4 is 10.0 Å². The van der Waals surface area contributed by atoms with E-state index in [1.54, 1.807) is 12.1 Å². The smallest absolute Gasteiger partial charge is 0.255 e. The molecule has 0 spiro atoms. The summed E-state index contributed by atoms with van der Waals surface area (Å²) in [4.78, 5) is 12.5. The van der Waals surface area contributed by atoms with E-state index < -0.39 is 10.0 Å². The molecule has 0 aliphatic heterocycles. The number of amides is 1. The Hall–Kier alpha value is -1.60. The molecular weight excluding hydrogens is 455 g/mol. The summed E-state index contributed by atoms with van der Waals surface area (Å²) in [5.74, 6) is -0.105. The van der Waals surface area contributed by atoms with Crippen LogP contribution in [0.4, 0.5) is 5.69 Å². The molecule has 0 saturated heterocycles. The van der Waals surface area contributed by atoms with Crippen molar-refractivity contribution in [3.8, 4) is 0 Å². The largest absolute Gasteiger partial charge is 0.321 e. The van der Waals surface area contributed by atoms with Gasteiger partial charge in [-0.25, -0.2) is 13.1 Å². The minimum absolute atomic E-state index is 0.0159. The number of carbonyl (C=O) groups is 1. The zero-order valence-corrected chi connectivity index (χ0v) is 20.7. The zero-order valence-electron chi connectivity index (χ0n) is 18.3.